The van der Waals surface area contributed by atoms with Crippen molar-refractivity contribution in [2.45, 2.75) is 30.7 Å². The molecular weight excluding hydrogens is 297 g/mol. The number of nitriles is 1. The van der Waals surface area contributed by atoms with Crippen LogP contribution in [0.2, 0.25) is 0 Å². The van der Waals surface area contributed by atoms with E-state index in [9.17, 15) is 13.2 Å². The van der Waals surface area contributed by atoms with E-state index in [0.29, 0.717) is 18.3 Å². The van der Waals surface area contributed by atoms with Crippen molar-refractivity contribution in [3.05, 3.63) is 29.3 Å². The van der Waals surface area contributed by atoms with Gasteiger partial charge in [0.05, 0.1) is 17.2 Å². The molecule has 1 aliphatic rings. The Labute approximate surface area is 126 Å². The molecule has 0 aromatic heterocycles. The SMILES string of the molecule is CSC1CCCCN(c2ccc(C#N)cc2C(F)(F)F)C1. The van der Waals surface area contributed by atoms with Gasteiger partial charge in [-0.05, 0) is 37.3 Å². The summed E-state index contributed by atoms with van der Waals surface area (Å²) in [7, 11) is 0. The maximum atomic E-state index is 13.3. The number of alkyl halides is 3. The third kappa shape index (κ3) is 3.85. The van der Waals surface area contributed by atoms with E-state index < -0.39 is 11.7 Å². The van der Waals surface area contributed by atoms with Gasteiger partial charge in [0.1, 0.15) is 0 Å². The predicted octanol–water partition coefficient (Wildman–Crippen LogP) is 4.30. The zero-order chi connectivity index (χ0) is 15.5. The van der Waals surface area contributed by atoms with Gasteiger partial charge in [-0.25, -0.2) is 0 Å². The van der Waals surface area contributed by atoms with Crippen LogP contribution in [-0.4, -0.2) is 24.6 Å². The monoisotopic (exact) mass is 314 g/mol. The summed E-state index contributed by atoms with van der Waals surface area (Å²) in [6, 6.07) is 5.63. The molecule has 0 amide bonds. The number of nitrogens with zero attached hydrogens (tertiary/aromatic N) is 2. The van der Waals surface area contributed by atoms with Gasteiger partial charge in [0.25, 0.3) is 0 Å². The van der Waals surface area contributed by atoms with Crippen LogP contribution in [0.1, 0.15) is 30.4 Å². The molecule has 0 saturated carbocycles. The number of rotatable bonds is 2. The Kier molecular flexibility index (Phi) is 5.04. The molecule has 1 aliphatic heterocycles. The molecule has 1 heterocycles. The van der Waals surface area contributed by atoms with Crippen molar-refractivity contribution in [3.8, 4) is 6.07 Å². The maximum absolute atomic E-state index is 13.3. The van der Waals surface area contributed by atoms with Crippen molar-refractivity contribution < 1.29 is 13.2 Å². The number of hydrogen-bond donors (Lipinski definition) is 0. The average Bonchev–Trinajstić information content (AvgIpc) is 2.71. The molecule has 2 nitrogen and oxygen atoms in total. The first-order valence-corrected chi connectivity index (χ1v) is 8.13. The molecule has 114 valence electrons. The van der Waals surface area contributed by atoms with E-state index in [1.165, 1.54) is 12.1 Å². The van der Waals surface area contributed by atoms with Gasteiger partial charge in [-0.3, -0.25) is 0 Å². The summed E-state index contributed by atoms with van der Waals surface area (Å²) in [6.45, 7) is 1.25. The highest BCUT2D eigenvalue weighted by Gasteiger charge is 2.35. The lowest BCUT2D eigenvalue weighted by molar-refractivity contribution is -0.137. The van der Waals surface area contributed by atoms with E-state index in [4.69, 9.17) is 5.26 Å². The highest BCUT2D eigenvalue weighted by atomic mass is 32.2. The third-order valence-electron chi connectivity index (χ3n) is 3.73. The van der Waals surface area contributed by atoms with Crippen LogP contribution in [0, 0.1) is 11.3 Å². The number of hydrogen-bond acceptors (Lipinski definition) is 3. The van der Waals surface area contributed by atoms with Crippen molar-refractivity contribution >= 4 is 17.4 Å². The Morgan fingerprint density at radius 2 is 2.10 bits per heavy atom. The van der Waals surface area contributed by atoms with E-state index in [0.717, 1.165) is 25.3 Å². The van der Waals surface area contributed by atoms with Crippen LogP contribution in [0.5, 0.6) is 0 Å². The van der Waals surface area contributed by atoms with Crippen molar-refractivity contribution in [2.24, 2.45) is 0 Å². The summed E-state index contributed by atoms with van der Waals surface area (Å²) in [5, 5.41) is 9.17. The molecule has 0 aliphatic carbocycles. The predicted molar refractivity (Wildman–Crippen MR) is 79.5 cm³/mol. The summed E-state index contributed by atoms with van der Waals surface area (Å²) >= 11 is 1.70. The third-order valence-corrected chi connectivity index (χ3v) is 4.78. The van der Waals surface area contributed by atoms with Crippen LogP contribution in [0.25, 0.3) is 0 Å². The normalized spacial score (nSPS) is 20.0. The highest BCUT2D eigenvalue weighted by molar-refractivity contribution is 7.99. The molecule has 1 aromatic rings. The Hall–Kier alpha value is -1.35. The molecule has 0 radical (unpaired) electrons. The summed E-state index contributed by atoms with van der Waals surface area (Å²) in [6.07, 6.45) is 0.532. The van der Waals surface area contributed by atoms with E-state index in [-0.39, 0.29) is 11.3 Å². The van der Waals surface area contributed by atoms with Crippen LogP contribution in [-0.2, 0) is 6.18 Å². The molecule has 0 N–H and O–H groups in total. The molecule has 1 fully saturated rings. The van der Waals surface area contributed by atoms with E-state index in [1.807, 2.05) is 11.2 Å². The number of benzene rings is 1. The topological polar surface area (TPSA) is 27.0 Å². The highest BCUT2D eigenvalue weighted by Crippen LogP contribution is 2.38. The molecule has 1 unspecified atom stereocenters. The minimum Gasteiger partial charge on any atom is -0.370 e. The average molecular weight is 314 g/mol. The zero-order valence-corrected chi connectivity index (χ0v) is 12.6. The second-order valence-corrected chi connectivity index (χ2v) is 6.28. The second-order valence-electron chi connectivity index (χ2n) is 5.14. The summed E-state index contributed by atoms with van der Waals surface area (Å²) in [5.41, 5.74) is -0.465. The van der Waals surface area contributed by atoms with Crippen molar-refractivity contribution in [2.75, 3.05) is 24.2 Å². The largest absolute Gasteiger partial charge is 0.418 e. The first kappa shape index (κ1) is 16.0. The van der Waals surface area contributed by atoms with Gasteiger partial charge in [0.2, 0.25) is 0 Å². The molecule has 0 spiro atoms. The molecular formula is C15H17F3N2S. The Balaban J connectivity index is 2.40. The number of halogens is 3. The second kappa shape index (κ2) is 6.61. The maximum Gasteiger partial charge on any atom is 0.418 e. The number of thioether (sulfide) groups is 1. The molecule has 1 atom stereocenters. The van der Waals surface area contributed by atoms with Gasteiger partial charge >= 0.3 is 6.18 Å². The Morgan fingerprint density at radius 1 is 1.33 bits per heavy atom. The molecule has 21 heavy (non-hydrogen) atoms. The van der Waals surface area contributed by atoms with Gasteiger partial charge in [0.15, 0.2) is 0 Å². The fourth-order valence-corrected chi connectivity index (χ4v) is 3.35. The van der Waals surface area contributed by atoms with Gasteiger partial charge < -0.3 is 4.90 Å². The summed E-state index contributed by atoms with van der Waals surface area (Å²) in [5.74, 6) is 0. The van der Waals surface area contributed by atoms with Crippen LogP contribution >= 0.6 is 11.8 Å². The van der Waals surface area contributed by atoms with Crippen molar-refractivity contribution in [3.63, 3.8) is 0 Å². The molecule has 1 aromatic carbocycles. The molecule has 0 bridgehead atoms. The summed E-state index contributed by atoms with van der Waals surface area (Å²) < 4.78 is 39.8. The lowest BCUT2D eigenvalue weighted by Gasteiger charge is -2.28. The first-order valence-electron chi connectivity index (χ1n) is 6.85. The van der Waals surface area contributed by atoms with Crippen LogP contribution in [0.4, 0.5) is 18.9 Å². The van der Waals surface area contributed by atoms with Crippen molar-refractivity contribution in [1.29, 1.82) is 5.26 Å². The van der Waals surface area contributed by atoms with Gasteiger partial charge in [-0.15, -0.1) is 0 Å². The summed E-state index contributed by atoms with van der Waals surface area (Å²) in [4.78, 5) is 1.82. The minimum atomic E-state index is -4.44. The fourth-order valence-electron chi connectivity index (χ4n) is 2.62. The lowest BCUT2D eigenvalue weighted by Crippen LogP contribution is -2.31. The molecule has 2 rings (SSSR count). The molecule has 1 saturated heterocycles. The van der Waals surface area contributed by atoms with Crippen molar-refractivity contribution in [1.82, 2.24) is 0 Å². The standard InChI is InChI=1S/C15H17F3N2S/c1-21-12-4-2-3-7-20(10-12)14-6-5-11(9-19)8-13(14)15(16,17)18/h5-6,8,12H,2-4,7,10H2,1H3. The Bertz CT molecular complexity index is 537. The van der Waals surface area contributed by atoms with Gasteiger partial charge in [-0.1, -0.05) is 6.42 Å². The smallest absolute Gasteiger partial charge is 0.370 e. The fraction of sp³-hybridized carbons (Fsp3) is 0.533. The van der Waals surface area contributed by atoms with Gasteiger partial charge in [-0.2, -0.15) is 30.2 Å². The first-order chi connectivity index (χ1) is 9.95. The van der Waals surface area contributed by atoms with Crippen LogP contribution in [0.3, 0.4) is 0 Å². The number of anilines is 1. The zero-order valence-electron chi connectivity index (χ0n) is 11.8. The molecule has 6 heteroatoms. The van der Waals surface area contributed by atoms with Crippen LogP contribution in [0.15, 0.2) is 18.2 Å². The minimum absolute atomic E-state index is 0.0438. The van der Waals surface area contributed by atoms with E-state index >= 15 is 0 Å². The van der Waals surface area contributed by atoms with Gasteiger partial charge in [0, 0.05) is 24.0 Å². The van der Waals surface area contributed by atoms with E-state index in [2.05, 4.69) is 0 Å². The quantitative estimate of drug-likeness (QED) is 0.814. The lowest BCUT2D eigenvalue weighted by atomic mass is 10.1. The van der Waals surface area contributed by atoms with Crippen LogP contribution < -0.4 is 4.90 Å². The van der Waals surface area contributed by atoms with E-state index in [1.54, 1.807) is 17.8 Å². The Morgan fingerprint density at radius 3 is 2.71 bits per heavy atom.